The molecule has 2 aliphatic heterocycles. The predicted octanol–water partition coefficient (Wildman–Crippen LogP) is 6.01. The minimum absolute atomic E-state index is 0.124. The number of hydrogen-bond acceptors (Lipinski definition) is 5. The van der Waals surface area contributed by atoms with Crippen LogP contribution in [0.3, 0.4) is 0 Å². The Kier molecular flexibility index (Phi) is 7.63. The van der Waals surface area contributed by atoms with Crippen LogP contribution >= 0.6 is 11.3 Å². The zero-order valence-electron chi connectivity index (χ0n) is 21.9. The van der Waals surface area contributed by atoms with Gasteiger partial charge in [0.15, 0.2) is 0 Å². The van der Waals surface area contributed by atoms with Crippen LogP contribution in [0.4, 0.5) is 0 Å². The molecule has 1 amide bonds. The van der Waals surface area contributed by atoms with E-state index in [1.165, 1.54) is 44.1 Å². The number of carbonyl (C=O) groups is 1. The van der Waals surface area contributed by atoms with E-state index < -0.39 is 0 Å². The molecular formula is C28H43N5OS. The molecule has 2 aromatic heterocycles. The van der Waals surface area contributed by atoms with Crippen LogP contribution < -0.4 is 5.32 Å². The van der Waals surface area contributed by atoms with Gasteiger partial charge in [-0.05, 0) is 86.6 Å². The zero-order valence-corrected chi connectivity index (χ0v) is 22.8. The standard InChI is InChI=1S/C28H43N5OS/c1-5-20-6-7-21(14-20)28(34)29-26(22-11-13-35-17-22)10-12-32-23-8-9-24(32)16-25(15-23)33-19(4)30-31-27(33)18(2)3/h11,13,17-18,20-21,23-26H,5-10,12,14-16H2,1-4H3,(H,29,34)/t20?,21?,23-,24+,25?,26-/m0/s1. The summed E-state index contributed by atoms with van der Waals surface area (Å²) in [6.07, 6.45) is 10.5. The molecule has 0 spiro atoms. The van der Waals surface area contributed by atoms with Crippen LogP contribution in [0, 0.1) is 18.8 Å². The van der Waals surface area contributed by atoms with Gasteiger partial charge < -0.3 is 9.88 Å². The molecule has 1 aliphatic carbocycles. The minimum Gasteiger partial charge on any atom is -0.349 e. The molecule has 2 bridgehead atoms. The number of hydrogen-bond donors (Lipinski definition) is 1. The Morgan fingerprint density at radius 2 is 1.89 bits per heavy atom. The Bertz CT molecular complexity index is 972. The number of carbonyl (C=O) groups excluding carboxylic acids is 1. The van der Waals surface area contributed by atoms with Gasteiger partial charge in [0, 0.05) is 36.5 Å². The quantitative estimate of drug-likeness (QED) is 0.461. The van der Waals surface area contributed by atoms with Crippen LogP contribution in [-0.4, -0.2) is 44.2 Å². The van der Waals surface area contributed by atoms with E-state index in [0.717, 1.165) is 43.4 Å². The van der Waals surface area contributed by atoms with E-state index in [9.17, 15) is 4.79 Å². The second-order valence-corrected chi connectivity index (χ2v) is 12.3. The number of fused-ring (bicyclic) bond motifs is 2. The molecule has 3 aliphatic rings. The Labute approximate surface area is 214 Å². The lowest BCUT2D eigenvalue weighted by molar-refractivity contribution is -0.125. The van der Waals surface area contributed by atoms with Crippen LogP contribution in [0.2, 0.25) is 0 Å². The van der Waals surface area contributed by atoms with Gasteiger partial charge in [-0.25, -0.2) is 0 Å². The summed E-state index contributed by atoms with van der Waals surface area (Å²) in [5, 5.41) is 16.8. The third-order valence-corrected chi connectivity index (χ3v) is 9.76. The van der Waals surface area contributed by atoms with Crippen molar-refractivity contribution in [1.29, 1.82) is 0 Å². The number of amides is 1. The average molecular weight is 498 g/mol. The first kappa shape index (κ1) is 24.9. The Morgan fingerprint density at radius 1 is 1.11 bits per heavy atom. The summed E-state index contributed by atoms with van der Waals surface area (Å²) in [5.74, 6) is 3.81. The number of thiophene rings is 1. The zero-order chi connectivity index (χ0) is 24.5. The molecule has 3 unspecified atom stereocenters. The highest BCUT2D eigenvalue weighted by molar-refractivity contribution is 7.08. The molecule has 3 fully saturated rings. The van der Waals surface area contributed by atoms with E-state index in [0.29, 0.717) is 24.0 Å². The lowest BCUT2D eigenvalue weighted by Gasteiger charge is -2.40. The van der Waals surface area contributed by atoms with Crippen LogP contribution in [0.1, 0.15) is 114 Å². The fraction of sp³-hybridized carbons (Fsp3) is 0.750. The Morgan fingerprint density at radius 3 is 2.51 bits per heavy atom. The molecule has 5 rings (SSSR count). The van der Waals surface area contributed by atoms with Crippen LogP contribution in [0.5, 0.6) is 0 Å². The number of nitrogens with zero attached hydrogens (tertiary/aromatic N) is 4. The SMILES string of the molecule is CCC1CCC(C(=O)N[C@@H](CCN2[C@@H]3CC[C@H]2CC(n2c(C)nnc2C(C)C)C3)c2ccsc2)C1. The van der Waals surface area contributed by atoms with Gasteiger partial charge in [0.25, 0.3) is 0 Å². The first-order chi connectivity index (χ1) is 16.9. The minimum atomic E-state index is 0.124. The van der Waals surface area contributed by atoms with Crippen LogP contribution in [0.25, 0.3) is 0 Å². The van der Waals surface area contributed by atoms with E-state index >= 15 is 0 Å². The van der Waals surface area contributed by atoms with Crippen molar-refractivity contribution in [3.63, 3.8) is 0 Å². The van der Waals surface area contributed by atoms with Crippen molar-refractivity contribution in [3.8, 4) is 0 Å². The first-order valence-corrected chi connectivity index (χ1v) is 14.9. The molecule has 0 radical (unpaired) electrons. The van der Waals surface area contributed by atoms with Gasteiger partial charge in [-0.2, -0.15) is 11.3 Å². The summed E-state index contributed by atoms with van der Waals surface area (Å²) < 4.78 is 2.44. The number of nitrogens with one attached hydrogen (secondary N) is 1. The van der Waals surface area contributed by atoms with Gasteiger partial charge in [0.1, 0.15) is 11.6 Å². The maximum absolute atomic E-state index is 13.2. The van der Waals surface area contributed by atoms with Gasteiger partial charge in [-0.1, -0.05) is 27.2 Å². The fourth-order valence-electron chi connectivity index (χ4n) is 7.10. The molecule has 192 valence electrons. The molecule has 6 atom stereocenters. The fourth-order valence-corrected chi connectivity index (χ4v) is 7.81. The third-order valence-electron chi connectivity index (χ3n) is 9.06. The highest BCUT2D eigenvalue weighted by atomic mass is 32.1. The summed E-state index contributed by atoms with van der Waals surface area (Å²) in [6, 6.07) is 4.08. The second kappa shape index (κ2) is 10.7. The number of rotatable bonds is 9. The van der Waals surface area contributed by atoms with E-state index in [2.05, 4.69) is 69.5 Å². The third kappa shape index (κ3) is 5.22. The van der Waals surface area contributed by atoms with Crippen LogP contribution in [0.15, 0.2) is 16.8 Å². The largest absolute Gasteiger partial charge is 0.349 e. The molecule has 2 saturated heterocycles. The van der Waals surface area contributed by atoms with E-state index in [-0.39, 0.29) is 17.9 Å². The van der Waals surface area contributed by atoms with Crippen LogP contribution in [-0.2, 0) is 4.79 Å². The molecule has 1 N–H and O–H groups in total. The molecule has 2 aromatic rings. The molecule has 6 nitrogen and oxygen atoms in total. The van der Waals surface area contributed by atoms with Crippen molar-refractivity contribution in [1.82, 2.24) is 25.0 Å². The van der Waals surface area contributed by atoms with Gasteiger partial charge in [-0.3, -0.25) is 9.69 Å². The molecule has 1 saturated carbocycles. The summed E-state index contributed by atoms with van der Waals surface area (Å²) in [6.45, 7) is 9.86. The predicted molar refractivity (Wildman–Crippen MR) is 142 cm³/mol. The Balaban J connectivity index is 1.23. The smallest absolute Gasteiger partial charge is 0.223 e. The second-order valence-electron chi connectivity index (χ2n) is 11.6. The molecule has 7 heteroatoms. The topological polar surface area (TPSA) is 63.1 Å². The summed E-state index contributed by atoms with van der Waals surface area (Å²) in [5.41, 5.74) is 1.28. The van der Waals surface area contributed by atoms with E-state index in [1.807, 2.05) is 0 Å². The number of piperidine rings is 1. The molecular weight excluding hydrogens is 454 g/mol. The van der Waals surface area contributed by atoms with E-state index in [4.69, 9.17) is 0 Å². The average Bonchev–Trinajstić information content (AvgIpc) is 3.63. The highest BCUT2D eigenvalue weighted by Crippen LogP contribution is 2.42. The maximum atomic E-state index is 13.2. The molecule has 0 aromatic carbocycles. The summed E-state index contributed by atoms with van der Waals surface area (Å²) in [4.78, 5) is 15.9. The lowest BCUT2D eigenvalue weighted by atomic mass is 9.95. The van der Waals surface area contributed by atoms with Gasteiger partial charge >= 0.3 is 0 Å². The maximum Gasteiger partial charge on any atom is 0.223 e. The van der Waals surface area contributed by atoms with Gasteiger partial charge in [-0.15, -0.1) is 10.2 Å². The van der Waals surface area contributed by atoms with Crippen molar-refractivity contribution in [2.24, 2.45) is 11.8 Å². The molecule has 4 heterocycles. The number of aryl methyl sites for hydroxylation is 1. The monoisotopic (exact) mass is 497 g/mol. The van der Waals surface area contributed by atoms with Gasteiger partial charge in [0.05, 0.1) is 6.04 Å². The van der Waals surface area contributed by atoms with Crippen molar-refractivity contribution in [3.05, 3.63) is 34.0 Å². The van der Waals surface area contributed by atoms with Crippen molar-refractivity contribution >= 4 is 17.2 Å². The normalized spacial score (nSPS) is 29.7. The first-order valence-electron chi connectivity index (χ1n) is 13.9. The van der Waals surface area contributed by atoms with Crippen molar-refractivity contribution in [2.75, 3.05) is 6.54 Å². The lowest BCUT2D eigenvalue weighted by Crippen LogP contribution is -2.45. The Hall–Kier alpha value is -1.73. The summed E-state index contributed by atoms with van der Waals surface area (Å²) >= 11 is 1.73. The summed E-state index contributed by atoms with van der Waals surface area (Å²) in [7, 11) is 0. The van der Waals surface area contributed by atoms with Crippen molar-refractivity contribution < 1.29 is 4.79 Å². The number of aromatic nitrogens is 3. The van der Waals surface area contributed by atoms with E-state index in [1.54, 1.807) is 11.3 Å². The van der Waals surface area contributed by atoms with Crippen molar-refractivity contribution in [2.45, 2.75) is 116 Å². The van der Waals surface area contributed by atoms with Gasteiger partial charge in [0.2, 0.25) is 5.91 Å². The highest BCUT2D eigenvalue weighted by Gasteiger charge is 2.42. The molecule has 35 heavy (non-hydrogen) atoms.